The van der Waals surface area contributed by atoms with Crippen LogP contribution in [0.5, 0.6) is 11.5 Å². The van der Waals surface area contributed by atoms with Crippen LogP contribution >= 0.6 is 0 Å². The van der Waals surface area contributed by atoms with Gasteiger partial charge in [0.2, 0.25) is 0 Å². The highest BCUT2D eigenvalue weighted by atomic mass is 19.4. The van der Waals surface area contributed by atoms with Crippen LogP contribution in [0.4, 0.5) is 23.2 Å². The van der Waals surface area contributed by atoms with E-state index in [2.05, 4.69) is 0 Å². The standard InChI is InChI=1S/C14H11F4NO/c1-8-2-4-10(15)7-13(8)20-12-5-3-9(6-11(12)19)14(16,17)18/h2-7H,19H2,1H3. The first-order valence-electron chi connectivity index (χ1n) is 5.68. The van der Waals surface area contributed by atoms with Crippen molar-refractivity contribution in [3.63, 3.8) is 0 Å². The molecule has 0 atom stereocenters. The first-order valence-corrected chi connectivity index (χ1v) is 5.68. The van der Waals surface area contributed by atoms with Gasteiger partial charge in [0, 0.05) is 6.07 Å². The predicted molar refractivity (Wildman–Crippen MR) is 67.1 cm³/mol. The summed E-state index contributed by atoms with van der Waals surface area (Å²) in [5.41, 5.74) is 5.15. The van der Waals surface area contributed by atoms with Crippen LogP contribution in [-0.2, 0) is 6.18 Å². The maximum absolute atomic E-state index is 13.1. The van der Waals surface area contributed by atoms with Crippen LogP contribution in [0, 0.1) is 12.7 Å². The Bertz CT molecular complexity index is 638. The molecule has 0 saturated carbocycles. The number of anilines is 1. The number of ether oxygens (including phenoxy) is 1. The molecule has 0 aliphatic heterocycles. The number of nitrogens with two attached hydrogens (primary N) is 1. The molecule has 20 heavy (non-hydrogen) atoms. The molecular weight excluding hydrogens is 274 g/mol. The Labute approximate surface area is 112 Å². The van der Waals surface area contributed by atoms with Crippen molar-refractivity contribution in [1.82, 2.24) is 0 Å². The van der Waals surface area contributed by atoms with Crippen molar-refractivity contribution in [2.75, 3.05) is 5.73 Å². The van der Waals surface area contributed by atoms with Crippen LogP contribution in [0.3, 0.4) is 0 Å². The molecule has 2 rings (SSSR count). The van der Waals surface area contributed by atoms with Crippen molar-refractivity contribution in [3.05, 3.63) is 53.3 Å². The van der Waals surface area contributed by atoms with Crippen LogP contribution in [-0.4, -0.2) is 0 Å². The van der Waals surface area contributed by atoms with Gasteiger partial charge in [-0.15, -0.1) is 0 Å². The Hall–Kier alpha value is -2.24. The van der Waals surface area contributed by atoms with Gasteiger partial charge in [-0.05, 0) is 36.8 Å². The summed E-state index contributed by atoms with van der Waals surface area (Å²) in [4.78, 5) is 0. The largest absolute Gasteiger partial charge is 0.455 e. The van der Waals surface area contributed by atoms with Gasteiger partial charge in [-0.25, -0.2) is 4.39 Å². The Morgan fingerprint density at radius 1 is 1.00 bits per heavy atom. The minimum Gasteiger partial charge on any atom is -0.455 e. The van der Waals surface area contributed by atoms with Crippen LogP contribution in [0.15, 0.2) is 36.4 Å². The number of halogens is 4. The molecule has 2 aromatic rings. The van der Waals surface area contributed by atoms with Gasteiger partial charge in [-0.1, -0.05) is 6.07 Å². The Morgan fingerprint density at radius 2 is 1.70 bits per heavy atom. The number of nitrogen functional groups attached to an aromatic ring is 1. The van der Waals surface area contributed by atoms with E-state index < -0.39 is 17.6 Å². The van der Waals surface area contributed by atoms with Crippen molar-refractivity contribution in [1.29, 1.82) is 0 Å². The minimum absolute atomic E-state index is 0.0479. The van der Waals surface area contributed by atoms with Crippen molar-refractivity contribution >= 4 is 5.69 Å². The lowest BCUT2D eigenvalue weighted by Gasteiger charge is -2.13. The van der Waals surface area contributed by atoms with Crippen molar-refractivity contribution < 1.29 is 22.3 Å². The molecular formula is C14H11F4NO. The minimum atomic E-state index is -4.47. The van der Waals surface area contributed by atoms with Gasteiger partial charge < -0.3 is 10.5 Å². The fourth-order valence-corrected chi connectivity index (χ4v) is 1.62. The molecule has 0 fully saturated rings. The molecule has 0 saturated heterocycles. The Kier molecular flexibility index (Phi) is 3.57. The number of aryl methyl sites for hydroxylation is 1. The van der Waals surface area contributed by atoms with Gasteiger partial charge in [0.05, 0.1) is 11.3 Å². The molecule has 0 heterocycles. The summed E-state index contributed by atoms with van der Waals surface area (Å²) in [5, 5.41) is 0. The van der Waals surface area contributed by atoms with E-state index in [-0.39, 0.29) is 17.2 Å². The second-order valence-corrected chi connectivity index (χ2v) is 4.26. The molecule has 2 N–H and O–H groups in total. The highest BCUT2D eigenvalue weighted by Gasteiger charge is 2.31. The van der Waals surface area contributed by atoms with E-state index in [9.17, 15) is 17.6 Å². The Balaban J connectivity index is 2.33. The molecule has 106 valence electrons. The average Bonchev–Trinajstić information content (AvgIpc) is 2.35. The number of hydrogen-bond acceptors (Lipinski definition) is 2. The summed E-state index contributed by atoms with van der Waals surface area (Å²) in [6, 6.07) is 6.67. The molecule has 2 nitrogen and oxygen atoms in total. The maximum atomic E-state index is 13.1. The normalized spacial score (nSPS) is 11.4. The molecule has 2 aromatic carbocycles. The van der Waals surface area contributed by atoms with Gasteiger partial charge in [0.15, 0.2) is 0 Å². The molecule has 0 bridgehead atoms. The van der Waals surface area contributed by atoms with Crippen molar-refractivity contribution in [2.24, 2.45) is 0 Å². The molecule has 0 aliphatic rings. The fourth-order valence-electron chi connectivity index (χ4n) is 1.62. The van der Waals surface area contributed by atoms with Gasteiger partial charge in [0.1, 0.15) is 17.3 Å². The first-order chi connectivity index (χ1) is 9.27. The fraction of sp³-hybridized carbons (Fsp3) is 0.143. The summed E-state index contributed by atoms with van der Waals surface area (Å²) < 4.78 is 56.0. The third-order valence-electron chi connectivity index (χ3n) is 2.71. The third-order valence-corrected chi connectivity index (χ3v) is 2.71. The number of hydrogen-bond donors (Lipinski definition) is 1. The Morgan fingerprint density at radius 3 is 2.30 bits per heavy atom. The highest BCUT2D eigenvalue weighted by Crippen LogP contribution is 2.36. The van der Waals surface area contributed by atoms with Crippen LogP contribution in [0.2, 0.25) is 0 Å². The maximum Gasteiger partial charge on any atom is 0.416 e. The quantitative estimate of drug-likeness (QED) is 0.650. The molecule has 0 unspecified atom stereocenters. The van der Waals surface area contributed by atoms with Gasteiger partial charge in [-0.3, -0.25) is 0 Å². The van der Waals surface area contributed by atoms with Crippen LogP contribution in [0.25, 0.3) is 0 Å². The lowest BCUT2D eigenvalue weighted by Crippen LogP contribution is -2.06. The summed E-state index contributed by atoms with van der Waals surface area (Å²) >= 11 is 0. The topological polar surface area (TPSA) is 35.2 Å². The lowest BCUT2D eigenvalue weighted by molar-refractivity contribution is -0.137. The predicted octanol–water partition coefficient (Wildman–Crippen LogP) is 4.53. The van der Waals surface area contributed by atoms with E-state index in [0.717, 1.165) is 24.3 Å². The molecule has 6 heteroatoms. The molecule has 0 spiro atoms. The second-order valence-electron chi connectivity index (χ2n) is 4.26. The zero-order valence-electron chi connectivity index (χ0n) is 10.5. The average molecular weight is 285 g/mol. The summed E-state index contributed by atoms with van der Waals surface area (Å²) in [6.45, 7) is 1.69. The molecule has 0 aliphatic carbocycles. The van der Waals surface area contributed by atoms with E-state index >= 15 is 0 Å². The smallest absolute Gasteiger partial charge is 0.416 e. The van der Waals surface area contributed by atoms with Gasteiger partial charge in [-0.2, -0.15) is 13.2 Å². The van der Waals surface area contributed by atoms with Crippen LogP contribution in [0.1, 0.15) is 11.1 Å². The zero-order chi connectivity index (χ0) is 14.9. The van der Waals surface area contributed by atoms with Crippen molar-refractivity contribution in [3.8, 4) is 11.5 Å². The SMILES string of the molecule is Cc1ccc(F)cc1Oc1ccc(C(F)(F)F)cc1N. The highest BCUT2D eigenvalue weighted by molar-refractivity contribution is 5.56. The summed E-state index contributed by atoms with van der Waals surface area (Å²) in [5.74, 6) is -0.251. The lowest BCUT2D eigenvalue weighted by atomic mass is 10.1. The summed E-state index contributed by atoms with van der Waals surface area (Å²) in [7, 11) is 0. The van der Waals surface area contributed by atoms with Gasteiger partial charge >= 0.3 is 6.18 Å². The number of alkyl halides is 3. The number of benzene rings is 2. The van der Waals surface area contributed by atoms with E-state index in [1.807, 2.05) is 0 Å². The zero-order valence-corrected chi connectivity index (χ0v) is 10.5. The second kappa shape index (κ2) is 5.03. The number of rotatable bonds is 2. The summed E-state index contributed by atoms with van der Waals surface area (Å²) in [6.07, 6.45) is -4.47. The molecule has 0 aromatic heterocycles. The molecule has 0 radical (unpaired) electrons. The van der Waals surface area contributed by atoms with E-state index in [4.69, 9.17) is 10.5 Å². The van der Waals surface area contributed by atoms with Crippen molar-refractivity contribution in [2.45, 2.75) is 13.1 Å². The molecule has 0 amide bonds. The first kappa shape index (κ1) is 14.2. The van der Waals surface area contributed by atoms with E-state index in [0.29, 0.717) is 5.56 Å². The van der Waals surface area contributed by atoms with E-state index in [1.54, 1.807) is 6.92 Å². The van der Waals surface area contributed by atoms with E-state index in [1.165, 1.54) is 12.1 Å². The van der Waals surface area contributed by atoms with Crippen LogP contribution < -0.4 is 10.5 Å². The third kappa shape index (κ3) is 3.01. The van der Waals surface area contributed by atoms with Gasteiger partial charge in [0.25, 0.3) is 0 Å². The monoisotopic (exact) mass is 285 g/mol.